The molecule has 0 aromatic carbocycles. The van der Waals surface area contributed by atoms with Gasteiger partial charge in [-0.25, -0.2) is 4.98 Å². The van der Waals surface area contributed by atoms with Crippen LogP contribution in [0, 0.1) is 12.8 Å². The van der Waals surface area contributed by atoms with Crippen molar-refractivity contribution in [1.29, 1.82) is 0 Å². The Bertz CT molecular complexity index is 689. The first-order valence-corrected chi connectivity index (χ1v) is 7.70. The predicted octanol–water partition coefficient (Wildman–Crippen LogP) is 2.47. The lowest BCUT2D eigenvalue weighted by molar-refractivity contribution is -0.121. The number of nitrogens with zero attached hydrogens (tertiary/aromatic N) is 2. The fraction of sp³-hybridized carbons (Fsp3) is 0.353. The largest absolute Gasteiger partial charge is 0.459 e. The molecule has 3 rings (SSSR count). The summed E-state index contributed by atoms with van der Waals surface area (Å²) < 4.78 is 5.13. The van der Waals surface area contributed by atoms with Gasteiger partial charge in [-0.1, -0.05) is 0 Å². The molecule has 0 radical (unpaired) electrons. The summed E-state index contributed by atoms with van der Waals surface area (Å²) in [6, 6.07) is 7.08. The molecule has 0 saturated carbocycles. The highest BCUT2D eigenvalue weighted by Gasteiger charge is 2.28. The maximum absolute atomic E-state index is 12.3. The van der Waals surface area contributed by atoms with Crippen LogP contribution < -0.4 is 5.32 Å². The van der Waals surface area contributed by atoms with Gasteiger partial charge in [0.25, 0.3) is 5.91 Å². The van der Waals surface area contributed by atoms with E-state index in [4.69, 9.17) is 4.42 Å². The number of pyridine rings is 1. The first kappa shape index (κ1) is 15.3. The molecule has 1 aliphatic heterocycles. The van der Waals surface area contributed by atoms with E-state index in [0.29, 0.717) is 37.5 Å². The van der Waals surface area contributed by atoms with E-state index in [9.17, 15) is 9.59 Å². The number of rotatable bonds is 3. The van der Waals surface area contributed by atoms with Gasteiger partial charge >= 0.3 is 0 Å². The summed E-state index contributed by atoms with van der Waals surface area (Å²) in [5, 5.41) is 2.85. The topological polar surface area (TPSA) is 75.4 Å². The summed E-state index contributed by atoms with van der Waals surface area (Å²) >= 11 is 0. The van der Waals surface area contributed by atoms with E-state index in [1.807, 2.05) is 19.1 Å². The van der Waals surface area contributed by atoms with Crippen molar-refractivity contribution in [3.63, 3.8) is 0 Å². The average molecular weight is 313 g/mol. The number of furan rings is 1. The second-order valence-electron chi connectivity index (χ2n) is 5.75. The quantitative estimate of drug-likeness (QED) is 0.944. The predicted molar refractivity (Wildman–Crippen MR) is 84.9 cm³/mol. The standard InChI is InChI=1S/C17H19N3O3/c1-12-4-7-18-15(11-12)19-16(21)13-5-8-20(9-6-13)17(22)14-3-2-10-23-14/h2-4,7,10-11,13H,5-6,8-9H2,1H3,(H,18,19,21). The molecule has 2 amide bonds. The molecule has 0 bridgehead atoms. The average Bonchev–Trinajstić information content (AvgIpc) is 3.09. The van der Waals surface area contributed by atoms with Crippen LogP contribution in [0.5, 0.6) is 0 Å². The summed E-state index contributed by atoms with van der Waals surface area (Å²) in [5.41, 5.74) is 1.05. The number of carbonyl (C=O) groups is 2. The van der Waals surface area contributed by atoms with E-state index in [-0.39, 0.29) is 17.7 Å². The van der Waals surface area contributed by atoms with Crippen molar-refractivity contribution in [1.82, 2.24) is 9.88 Å². The number of likely N-dealkylation sites (tertiary alicyclic amines) is 1. The lowest BCUT2D eigenvalue weighted by Gasteiger charge is -2.30. The van der Waals surface area contributed by atoms with Gasteiger partial charge in [0.1, 0.15) is 5.82 Å². The monoisotopic (exact) mass is 313 g/mol. The van der Waals surface area contributed by atoms with Gasteiger partial charge < -0.3 is 14.6 Å². The molecule has 6 nitrogen and oxygen atoms in total. The Morgan fingerprint density at radius 2 is 2.09 bits per heavy atom. The number of nitrogens with one attached hydrogen (secondary N) is 1. The normalized spacial score (nSPS) is 15.4. The Labute approximate surface area is 134 Å². The third kappa shape index (κ3) is 3.59. The number of amides is 2. The molecule has 1 N–H and O–H groups in total. The van der Waals surface area contributed by atoms with Crippen LogP contribution >= 0.6 is 0 Å². The van der Waals surface area contributed by atoms with Gasteiger partial charge in [-0.2, -0.15) is 0 Å². The highest BCUT2D eigenvalue weighted by Crippen LogP contribution is 2.21. The van der Waals surface area contributed by atoms with Crippen molar-refractivity contribution in [2.24, 2.45) is 5.92 Å². The van der Waals surface area contributed by atoms with E-state index in [0.717, 1.165) is 5.56 Å². The second kappa shape index (κ2) is 6.64. The van der Waals surface area contributed by atoms with Gasteiger partial charge in [0.15, 0.2) is 5.76 Å². The molecule has 1 fully saturated rings. The zero-order chi connectivity index (χ0) is 16.2. The second-order valence-corrected chi connectivity index (χ2v) is 5.75. The van der Waals surface area contributed by atoms with E-state index >= 15 is 0 Å². The molecule has 0 atom stereocenters. The first-order chi connectivity index (χ1) is 11.1. The highest BCUT2D eigenvalue weighted by atomic mass is 16.3. The minimum Gasteiger partial charge on any atom is -0.459 e. The lowest BCUT2D eigenvalue weighted by atomic mass is 9.95. The number of aryl methyl sites for hydroxylation is 1. The van der Waals surface area contributed by atoms with Crippen molar-refractivity contribution in [2.75, 3.05) is 18.4 Å². The van der Waals surface area contributed by atoms with Gasteiger partial charge in [-0.15, -0.1) is 0 Å². The van der Waals surface area contributed by atoms with Crippen molar-refractivity contribution in [3.8, 4) is 0 Å². The van der Waals surface area contributed by atoms with E-state index in [2.05, 4.69) is 10.3 Å². The number of hydrogen-bond acceptors (Lipinski definition) is 4. The lowest BCUT2D eigenvalue weighted by Crippen LogP contribution is -2.41. The molecule has 6 heteroatoms. The number of anilines is 1. The Balaban J connectivity index is 1.54. The third-order valence-electron chi connectivity index (χ3n) is 4.05. The minimum absolute atomic E-state index is 0.0341. The maximum Gasteiger partial charge on any atom is 0.289 e. The molecule has 3 heterocycles. The van der Waals surface area contributed by atoms with Crippen LogP contribution in [0.15, 0.2) is 41.1 Å². The number of piperidine rings is 1. The van der Waals surface area contributed by atoms with Gasteiger partial charge in [-0.3, -0.25) is 9.59 Å². The zero-order valence-corrected chi connectivity index (χ0v) is 13.0. The molecule has 0 aliphatic carbocycles. The van der Waals surface area contributed by atoms with Gasteiger partial charge in [0.05, 0.1) is 6.26 Å². The van der Waals surface area contributed by atoms with E-state index in [1.54, 1.807) is 23.2 Å². The van der Waals surface area contributed by atoms with Gasteiger partial charge in [0, 0.05) is 25.2 Å². The van der Waals surface area contributed by atoms with E-state index in [1.165, 1.54) is 6.26 Å². The molecular formula is C17H19N3O3. The first-order valence-electron chi connectivity index (χ1n) is 7.70. The number of hydrogen-bond donors (Lipinski definition) is 1. The molecule has 0 spiro atoms. The molecule has 1 aliphatic rings. The van der Waals surface area contributed by atoms with Gasteiger partial charge in [0.2, 0.25) is 5.91 Å². The molecule has 2 aromatic rings. The molecule has 120 valence electrons. The van der Waals surface area contributed by atoms with Crippen LogP contribution in [0.25, 0.3) is 0 Å². The molecule has 23 heavy (non-hydrogen) atoms. The van der Waals surface area contributed by atoms with E-state index < -0.39 is 0 Å². The summed E-state index contributed by atoms with van der Waals surface area (Å²) in [6.07, 6.45) is 4.45. The summed E-state index contributed by atoms with van der Waals surface area (Å²) in [5.74, 6) is 0.668. The third-order valence-corrected chi connectivity index (χ3v) is 4.05. The van der Waals surface area contributed by atoms with Crippen LogP contribution in [0.4, 0.5) is 5.82 Å². The fourth-order valence-electron chi connectivity index (χ4n) is 2.73. The Morgan fingerprint density at radius 1 is 1.30 bits per heavy atom. The van der Waals surface area contributed by atoms with Crippen LogP contribution in [0.2, 0.25) is 0 Å². The Morgan fingerprint density at radius 3 is 2.74 bits per heavy atom. The number of carbonyl (C=O) groups excluding carboxylic acids is 2. The zero-order valence-electron chi connectivity index (χ0n) is 13.0. The maximum atomic E-state index is 12.3. The summed E-state index contributed by atoms with van der Waals surface area (Å²) in [6.45, 7) is 3.06. The minimum atomic E-state index is -0.116. The van der Waals surface area contributed by atoms with Crippen molar-refractivity contribution < 1.29 is 14.0 Å². The van der Waals surface area contributed by atoms with Crippen molar-refractivity contribution >= 4 is 17.6 Å². The van der Waals surface area contributed by atoms with Crippen molar-refractivity contribution in [3.05, 3.63) is 48.0 Å². The highest BCUT2D eigenvalue weighted by molar-refractivity contribution is 5.93. The molecule has 0 unspecified atom stereocenters. The molecule has 1 saturated heterocycles. The van der Waals surface area contributed by atoms with Crippen LogP contribution in [-0.2, 0) is 4.79 Å². The van der Waals surface area contributed by atoms with Crippen LogP contribution in [0.1, 0.15) is 29.0 Å². The summed E-state index contributed by atoms with van der Waals surface area (Å²) in [4.78, 5) is 30.4. The Hall–Kier alpha value is -2.63. The SMILES string of the molecule is Cc1ccnc(NC(=O)C2CCN(C(=O)c3ccco3)CC2)c1. The molecular weight excluding hydrogens is 294 g/mol. The smallest absolute Gasteiger partial charge is 0.289 e. The summed E-state index contributed by atoms with van der Waals surface area (Å²) in [7, 11) is 0. The molecule has 2 aromatic heterocycles. The fourth-order valence-corrected chi connectivity index (χ4v) is 2.73. The number of aromatic nitrogens is 1. The van der Waals surface area contributed by atoms with Crippen LogP contribution in [-0.4, -0.2) is 34.8 Å². The van der Waals surface area contributed by atoms with Crippen molar-refractivity contribution in [2.45, 2.75) is 19.8 Å². The van der Waals surface area contributed by atoms with Gasteiger partial charge in [-0.05, 0) is 49.6 Å². The van der Waals surface area contributed by atoms with Crippen LogP contribution in [0.3, 0.4) is 0 Å². The Kier molecular flexibility index (Phi) is 4.41.